The van der Waals surface area contributed by atoms with Crippen LogP contribution in [0.1, 0.15) is 5.56 Å². The van der Waals surface area contributed by atoms with Gasteiger partial charge in [-0.3, -0.25) is 0 Å². The van der Waals surface area contributed by atoms with Gasteiger partial charge in [-0.2, -0.15) is 18.2 Å². The second-order valence-corrected chi connectivity index (χ2v) is 7.72. The molecule has 128 valence electrons. The van der Waals surface area contributed by atoms with E-state index < -0.39 is 15.9 Å². The summed E-state index contributed by atoms with van der Waals surface area (Å²) in [7, 11) is -3.72. The fraction of sp³-hybridized carbons (Fsp3) is 0.118. The van der Waals surface area contributed by atoms with E-state index in [1.165, 1.54) is 16.8 Å². The minimum atomic E-state index is -3.72. The lowest BCUT2D eigenvalue weighted by atomic mass is 10.1. The van der Waals surface area contributed by atoms with Crippen molar-refractivity contribution in [2.75, 3.05) is 5.75 Å². The van der Waals surface area contributed by atoms with Gasteiger partial charge in [0.15, 0.2) is 0 Å². The van der Waals surface area contributed by atoms with Gasteiger partial charge in [-0.1, -0.05) is 35.9 Å². The van der Waals surface area contributed by atoms with Gasteiger partial charge in [0, 0.05) is 16.1 Å². The van der Waals surface area contributed by atoms with E-state index in [1.54, 1.807) is 36.4 Å². The summed E-state index contributed by atoms with van der Waals surface area (Å²) in [5, 5.41) is 5.01. The molecule has 2 heterocycles. The summed E-state index contributed by atoms with van der Waals surface area (Å²) >= 11 is 5.92. The van der Waals surface area contributed by atoms with Crippen LogP contribution in [0.3, 0.4) is 0 Å². The molecule has 0 radical (unpaired) electrons. The van der Waals surface area contributed by atoms with Crippen LogP contribution >= 0.6 is 11.6 Å². The van der Waals surface area contributed by atoms with Gasteiger partial charge >= 0.3 is 10.1 Å². The number of nitrogens with zero attached hydrogens (tertiary/aromatic N) is 2. The van der Waals surface area contributed by atoms with Crippen LogP contribution in [0.5, 0.6) is 5.88 Å². The fourth-order valence-corrected chi connectivity index (χ4v) is 3.84. The summed E-state index contributed by atoms with van der Waals surface area (Å²) in [5.74, 6) is -0.646. The lowest BCUT2D eigenvalue weighted by molar-refractivity contribution is 0.450. The van der Waals surface area contributed by atoms with Crippen LogP contribution in [-0.2, 0) is 16.5 Å². The standard InChI is InChI=1S/C17H12ClFN2O3S/c18-12-7-5-11(6-8-12)16-13-9-10-25(22,23)24-17(13)21(20-16)15-4-2-1-3-14(15)19/h1-8H,9-10H2. The van der Waals surface area contributed by atoms with Crippen LogP contribution in [0.15, 0.2) is 48.5 Å². The zero-order chi connectivity index (χ0) is 17.6. The Kier molecular flexibility index (Phi) is 3.77. The zero-order valence-electron chi connectivity index (χ0n) is 12.8. The average molecular weight is 379 g/mol. The largest absolute Gasteiger partial charge is 0.361 e. The maximum Gasteiger partial charge on any atom is 0.311 e. The second-order valence-electron chi connectivity index (χ2n) is 5.60. The highest BCUT2D eigenvalue weighted by Crippen LogP contribution is 2.37. The SMILES string of the molecule is O=S1(=O)CCc2c(-c3ccc(Cl)cc3)nn(-c3ccccc3F)c2O1. The van der Waals surface area contributed by atoms with E-state index in [0.29, 0.717) is 16.3 Å². The highest BCUT2D eigenvalue weighted by Gasteiger charge is 2.31. The number of hydrogen-bond acceptors (Lipinski definition) is 4. The van der Waals surface area contributed by atoms with Crippen LogP contribution < -0.4 is 4.18 Å². The van der Waals surface area contributed by atoms with Crippen LogP contribution in [0.4, 0.5) is 4.39 Å². The Hall–Kier alpha value is -2.38. The lowest BCUT2D eigenvalue weighted by Crippen LogP contribution is -2.22. The van der Waals surface area contributed by atoms with Crippen LogP contribution in [0, 0.1) is 5.82 Å². The number of hydrogen-bond donors (Lipinski definition) is 0. The van der Waals surface area contributed by atoms with Gasteiger partial charge in [-0.15, -0.1) is 0 Å². The molecule has 0 saturated heterocycles. The molecule has 0 fully saturated rings. The predicted molar refractivity (Wildman–Crippen MR) is 92.1 cm³/mol. The van der Waals surface area contributed by atoms with Gasteiger partial charge in [-0.05, 0) is 30.7 Å². The predicted octanol–water partition coefficient (Wildman–Crippen LogP) is 3.60. The van der Waals surface area contributed by atoms with Gasteiger partial charge in [0.25, 0.3) is 0 Å². The molecule has 25 heavy (non-hydrogen) atoms. The molecule has 5 nitrogen and oxygen atoms in total. The third kappa shape index (κ3) is 2.89. The van der Waals surface area contributed by atoms with E-state index in [4.69, 9.17) is 15.8 Å². The molecular weight excluding hydrogens is 367 g/mol. The van der Waals surface area contributed by atoms with Crippen molar-refractivity contribution in [3.63, 3.8) is 0 Å². The number of fused-ring (bicyclic) bond motifs is 1. The second kappa shape index (κ2) is 5.86. The third-order valence-corrected chi connectivity index (χ3v) is 5.31. The summed E-state index contributed by atoms with van der Waals surface area (Å²) in [6, 6.07) is 13.0. The first-order valence-corrected chi connectivity index (χ1v) is 9.45. The lowest BCUT2D eigenvalue weighted by Gasteiger charge is -2.15. The van der Waals surface area contributed by atoms with Crippen molar-refractivity contribution in [2.24, 2.45) is 0 Å². The molecule has 0 unspecified atom stereocenters. The molecule has 8 heteroatoms. The molecule has 1 aromatic heterocycles. The van der Waals surface area contributed by atoms with Crippen LogP contribution in [0.25, 0.3) is 16.9 Å². The Morgan fingerprint density at radius 2 is 1.84 bits per heavy atom. The Morgan fingerprint density at radius 1 is 1.12 bits per heavy atom. The monoisotopic (exact) mass is 378 g/mol. The number of para-hydroxylation sites is 1. The van der Waals surface area contributed by atoms with Crippen molar-refractivity contribution in [2.45, 2.75) is 6.42 Å². The summed E-state index contributed by atoms with van der Waals surface area (Å²) in [5.41, 5.74) is 2.04. The van der Waals surface area contributed by atoms with Crippen molar-refractivity contribution in [3.8, 4) is 22.8 Å². The zero-order valence-corrected chi connectivity index (χ0v) is 14.4. The van der Waals surface area contributed by atoms with Crippen molar-refractivity contribution in [1.82, 2.24) is 9.78 Å². The van der Waals surface area contributed by atoms with Gasteiger partial charge in [0.05, 0.1) is 11.4 Å². The summed E-state index contributed by atoms with van der Waals surface area (Å²) in [4.78, 5) is 0. The number of rotatable bonds is 2. The van der Waals surface area contributed by atoms with E-state index in [-0.39, 0.29) is 23.7 Å². The van der Waals surface area contributed by atoms with Gasteiger partial charge in [0.1, 0.15) is 11.5 Å². The Bertz CT molecular complexity index is 1060. The van der Waals surface area contributed by atoms with E-state index in [1.807, 2.05) is 0 Å². The molecule has 0 spiro atoms. The fourth-order valence-electron chi connectivity index (χ4n) is 2.76. The molecule has 2 aromatic carbocycles. The van der Waals surface area contributed by atoms with Gasteiger partial charge in [-0.25, -0.2) is 4.39 Å². The number of benzene rings is 2. The number of halogens is 2. The summed E-state index contributed by atoms with van der Waals surface area (Å²) in [6.45, 7) is 0. The molecule has 0 amide bonds. The molecule has 4 rings (SSSR count). The van der Waals surface area contributed by atoms with E-state index in [9.17, 15) is 12.8 Å². The van der Waals surface area contributed by atoms with Crippen molar-refractivity contribution in [3.05, 3.63) is 64.9 Å². The Labute approximate surface area is 148 Å². The van der Waals surface area contributed by atoms with E-state index in [2.05, 4.69) is 5.10 Å². The molecule has 0 atom stereocenters. The highest BCUT2D eigenvalue weighted by atomic mass is 35.5. The maximum atomic E-state index is 14.2. The van der Waals surface area contributed by atoms with Gasteiger partial charge < -0.3 is 4.18 Å². The molecule has 3 aromatic rings. The molecule has 0 N–H and O–H groups in total. The minimum Gasteiger partial charge on any atom is -0.361 e. The maximum absolute atomic E-state index is 14.2. The topological polar surface area (TPSA) is 61.2 Å². The van der Waals surface area contributed by atoms with Gasteiger partial charge in [0.2, 0.25) is 5.88 Å². The molecular formula is C17H12ClFN2O3S. The normalized spacial score (nSPS) is 15.4. The molecule has 1 aliphatic heterocycles. The van der Waals surface area contributed by atoms with Crippen LogP contribution in [-0.4, -0.2) is 24.0 Å². The van der Waals surface area contributed by atoms with E-state index in [0.717, 1.165) is 5.56 Å². The summed E-state index contributed by atoms with van der Waals surface area (Å²) < 4.78 is 44.4. The minimum absolute atomic E-state index is 0.0290. The third-order valence-electron chi connectivity index (χ3n) is 3.94. The van der Waals surface area contributed by atoms with Crippen molar-refractivity contribution < 1.29 is 17.0 Å². The van der Waals surface area contributed by atoms with Crippen molar-refractivity contribution in [1.29, 1.82) is 0 Å². The summed E-state index contributed by atoms with van der Waals surface area (Å²) in [6.07, 6.45) is 0.240. The highest BCUT2D eigenvalue weighted by molar-refractivity contribution is 7.87. The molecule has 1 aliphatic rings. The average Bonchev–Trinajstić information content (AvgIpc) is 2.93. The Balaban J connectivity index is 1.96. The van der Waals surface area contributed by atoms with Crippen molar-refractivity contribution >= 4 is 21.7 Å². The quantitative estimate of drug-likeness (QED) is 0.639. The first-order valence-electron chi connectivity index (χ1n) is 7.49. The first kappa shape index (κ1) is 16.1. The Morgan fingerprint density at radius 3 is 2.56 bits per heavy atom. The molecule has 0 bridgehead atoms. The first-order chi connectivity index (χ1) is 11.9. The molecule has 0 saturated carbocycles. The van der Waals surface area contributed by atoms with Crippen LogP contribution in [0.2, 0.25) is 5.02 Å². The van der Waals surface area contributed by atoms with E-state index >= 15 is 0 Å². The number of aromatic nitrogens is 2. The molecule has 0 aliphatic carbocycles. The smallest absolute Gasteiger partial charge is 0.311 e.